The van der Waals surface area contributed by atoms with Gasteiger partial charge in [-0.3, -0.25) is 9.59 Å². The molecule has 3 rings (SSSR count). The molecule has 0 saturated carbocycles. The largest absolute Gasteiger partial charge is 0.495 e. The topological polar surface area (TPSA) is 84.1 Å². The molecule has 0 aliphatic carbocycles. The minimum Gasteiger partial charge on any atom is -0.495 e. The van der Waals surface area contributed by atoms with Crippen LogP contribution in [0.5, 0.6) is 5.75 Å². The molecule has 8 heteroatoms. The van der Waals surface area contributed by atoms with E-state index in [2.05, 4.69) is 15.3 Å². The Hall–Kier alpha value is -3.13. The molecule has 0 aliphatic rings. The van der Waals surface area contributed by atoms with E-state index in [4.69, 9.17) is 4.74 Å². The summed E-state index contributed by atoms with van der Waals surface area (Å²) in [5.41, 5.74) is 2.89. The first-order chi connectivity index (χ1) is 14.4. The van der Waals surface area contributed by atoms with Gasteiger partial charge >= 0.3 is 0 Å². The molecular formula is C22H22FN3O3S. The van der Waals surface area contributed by atoms with Gasteiger partial charge in [-0.2, -0.15) is 0 Å². The zero-order valence-electron chi connectivity index (χ0n) is 16.9. The smallest absolute Gasteiger partial charge is 0.255 e. The van der Waals surface area contributed by atoms with Gasteiger partial charge in [-0.1, -0.05) is 30.0 Å². The third kappa shape index (κ3) is 5.48. The van der Waals surface area contributed by atoms with Gasteiger partial charge in [0.25, 0.3) is 5.56 Å². The fourth-order valence-electron chi connectivity index (χ4n) is 2.87. The number of rotatable bonds is 7. The number of aryl methyl sites for hydroxylation is 2. The fourth-order valence-corrected chi connectivity index (χ4v) is 3.73. The van der Waals surface area contributed by atoms with E-state index >= 15 is 0 Å². The van der Waals surface area contributed by atoms with Gasteiger partial charge in [0.2, 0.25) is 5.91 Å². The molecule has 2 aromatic carbocycles. The minimum atomic E-state index is -0.351. The predicted molar refractivity (Wildman–Crippen MR) is 116 cm³/mol. The van der Waals surface area contributed by atoms with Gasteiger partial charge in [-0.15, -0.1) is 0 Å². The summed E-state index contributed by atoms with van der Waals surface area (Å²) in [5.74, 6) is 0.457. The van der Waals surface area contributed by atoms with Crippen molar-refractivity contribution in [2.75, 3.05) is 12.4 Å². The molecule has 0 spiro atoms. The third-order valence-electron chi connectivity index (χ3n) is 4.46. The van der Waals surface area contributed by atoms with Crippen molar-refractivity contribution in [3.05, 3.63) is 81.0 Å². The van der Waals surface area contributed by atoms with Gasteiger partial charge in [-0.25, -0.2) is 9.37 Å². The summed E-state index contributed by atoms with van der Waals surface area (Å²) in [4.78, 5) is 32.1. The van der Waals surface area contributed by atoms with Gasteiger partial charge in [0.05, 0.1) is 19.2 Å². The number of H-pyrrole nitrogens is 1. The highest BCUT2D eigenvalue weighted by Crippen LogP contribution is 2.25. The predicted octanol–water partition coefficient (Wildman–Crippen LogP) is 4.01. The molecule has 0 unspecified atom stereocenters. The fraction of sp³-hybridized carbons (Fsp3) is 0.227. The number of nitrogens with one attached hydrogen (secondary N) is 2. The Bertz CT molecular complexity index is 1110. The lowest BCUT2D eigenvalue weighted by Crippen LogP contribution is -2.24. The molecule has 1 amide bonds. The number of hydrogen-bond donors (Lipinski definition) is 2. The number of aromatic nitrogens is 2. The number of carbonyl (C=O) groups is 1. The number of carbonyl (C=O) groups excluding carboxylic acids is 1. The van der Waals surface area contributed by atoms with Crippen molar-refractivity contribution in [1.82, 2.24) is 9.97 Å². The second-order valence-corrected chi connectivity index (χ2v) is 7.74. The van der Waals surface area contributed by atoms with E-state index in [9.17, 15) is 14.0 Å². The lowest BCUT2D eigenvalue weighted by Gasteiger charge is -2.12. The zero-order valence-corrected chi connectivity index (χ0v) is 17.7. The third-order valence-corrected chi connectivity index (χ3v) is 5.40. The Morgan fingerprint density at radius 2 is 1.93 bits per heavy atom. The van der Waals surface area contributed by atoms with Crippen LogP contribution in [-0.2, 0) is 17.0 Å². The number of hydrogen-bond acceptors (Lipinski definition) is 5. The second-order valence-electron chi connectivity index (χ2n) is 6.78. The maximum absolute atomic E-state index is 13.0. The molecule has 30 heavy (non-hydrogen) atoms. The number of benzene rings is 2. The summed E-state index contributed by atoms with van der Waals surface area (Å²) in [7, 11) is 1.53. The normalized spacial score (nSPS) is 10.7. The molecule has 156 valence electrons. The maximum atomic E-state index is 13.0. The molecule has 0 atom stereocenters. The Kier molecular flexibility index (Phi) is 6.89. The second kappa shape index (κ2) is 9.58. The van der Waals surface area contributed by atoms with Crippen LogP contribution in [0.25, 0.3) is 0 Å². The number of amides is 1. The molecule has 0 bridgehead atoms. The molecule has 1 heterocycles. The Labute approximate surface area is 177 Å². The zero-order chi connectivity index (χ0) is 21.7. The summed E-state index contributed by atoms with van der Waals surface area (Å²) in [6.07, 6.45) is -0.103. The van der Waals surface area contributed by atoms with E-state index in [-0.39, 0.29) is 23.7 Å². The highest BCUT2D eigenvalue weighted by Gasteiger charge is 2.15. The van der Waals surface area contributed by atoms with Gasteiger partial charge in [0.1, 0.15) is 11.6 Å². The summed E-state index contributed by atoms with van der Waals surface area (Å²) in [5, 5.41) is 3.24. The number of aromatic amines is 1. The van der Waals surface area contributed by atoms with Crippen LogP contribution in [0.1, 0.15) is 22.4 Å². The Morgan fingerprint density at radius 1 is 1.20 bits per heavy atom. The van der Waals surface area contributed by atoms with Crippen LogP contribution in [0.15, 0.2) is 52.4 Å². The van der Waals surface area contributed by atoms with E-state index in [0.717, 1.165) is 11.1 Å². The minimum absolute atomic E-state index is 0.103. The summed E-state index contributed by atoms with van der Waals surface area (Å²) < 4.78 is 18.3. The molecule has 0 saturated heterocycles. The number of nitrogens with zero attached hydrogens (tertiary/aromatic N) is 1. The number of anilines is 1. The molecule has 0 fully saturated rings. The van der Waals surface area contributed by atoms with Crippen LogP contribution in [0.2, 0.25) is 0 Å². The lowest BCUT2D eigenvalue weighted by atomic mass is 10.1. The van der Waals surface area contributed by atoms with Crippen molar-refractivity contribution < 1.29 is 13.9 Å². The summed E-state index contributed by atoms with van der Waals surface area (Å²) in [6, 6.07) is 11.6. The van der Waals surface area contributed by atoms with Crippen molar-refractivity contribution in [1.29, 1.82) is 0 Å². The number of thioether (sulfide) groups is 1. The summed E-state index contributed by atoms with van der Waals surface area (Å²) in [6.45, 7) is 3.61. The van der Waals surface area contributed by atoms with E-state index in [1.54, 1.807) is 31.2 Å². The average Bonchev–Trinajstić information content (AvgIpc) is 2.70. The van der Waals surface area contributed by atoms with Crippen LogP contribution >= 0.6 is 11.8 Å². The first kappa shape index (κ1) is 21.6. The van der Waals surface area contributed by atoms with E-state index in [1.165, 1.54) is 31.0 Å². The van der Waals surface area contributed by atoms with Crippen LogP contribution in [0.3, 0.4) is 0 Å². The van der Waals surface area contributed by atoms with Crippen molar-refractivity contribution in [2.45, 2.75) is 31.2 Å². The van der Waals surface area contributed by atoms with Gasteiger partial charge in [0, 0.05) is 17.0 Å². The van der Waals surface area contributed by atoms with Gasteiger partial charge < -0.3 is 15.0 Å². The molecule has 3 aromatic rings. The van der Waals surface area contributed by atoms with Gasteiger partial charge in [-0.05, 0) is 49.2 Å². The number of halogens is 1. The first-order valence-corrected chi connectivity index (χ1v) is 10.3. The molecule has 6 nitrogen and oxygen atoms in total. The monoisotopic (exact) mass is 427 g/mol. The molecule has 0 radical (unpaired) electrons. The molecule has 2 N–H and O–H groups in total. The van der Waals surface area contributed by atoms with E-state index < -0.39 is 0 Å². The number of methoxy groups -OCH3 is 1. The molecule has 1 aromatic heterocycles. The van der Waals surface area contributed by atoms with E-state index in [1.807, 2.05) is 13.0 Å². The van der Waals surface area contributed by atoms with Crippen molar-refractivity contribution in [3.63, 3.8) is 0 Å². The van der Waals surface area contributed by atoms with Crippen LogP contribution < -0.4 is 15.6 Å². The van der Waals surface area contributed by atoms with E-state index in [0.29, 0.717) is 33.6 Å². The van der Waals surface area contributed by atoms with Crippen molar-refractivity contribution >= 4 is 23.4 Å². The van der Waals surface area contributed by atoms with Crippen molar-refractivity contribution in [3.8, 4) is 5.75 Å². The van der Waals surface area contributed by atoms with Gasteiger partial charge in [0.15, 0.2) is 5.16 Å². The number of ether oxygens (including phenoxy) is 1. The van der Waals surface area contributed by atoms with Crippen molar-refractivity contribution in [2.24, 2.45) is 0 Å². The Balaban J connectivity index is 1.69. The molecule has 0 aliphatic heterocycles. The maximum Gasteiger partial charge on any atom is 0.255 e. The first-order valence-electron chi connectivity index (χ1n) is 9.27. The Morgan fingerprint density at radius 3 is 2.60 bits per heavy atom. The molecular weight excluding hydrogens is 405 g/mol. The summed E-state index contributed by atoms with van der Waals surface area (Å²) >= 11 is 1.34. The SMILES string of the molecule is COc1ccc(C)cc1NC(=O)Cc1c(C)nc(SCc2ccc(F)cc2)[nH]c1=O. The highest BCUT2D eigenvalue weighted by atomic mass is 32.2. The quantitative estimate of drug-likeness (QED) is 0.440. The lowest BCUT2D eigenvalue weighted by molar-refractivity contribution is -0.115. The van der Waals surface area contributed by atoms with Crippen LogP contribution in [-0.4, -0.2) is 23.0 Å². The average molecular weight is 428 g/mol. The highest BCUT2D eigenvalue weighted by molar-refractivity contribution is 7.98. The van der Waals surface area contributed by atoms with Crippen LogP contribution in [0, 0.1) is 19.7 Å². The standard InChI is InChI=1S/C22H22FN3O3S/c1-13-4-9-19(29-3)18(10-13)25-20(27)11-17-14(2)24-22(26-21(17)28)30-12-15-5-7-16(23)8-6-15/h4-10H,11-12H2,1-3H3,(H,25,27)(H,24,26,28). The van der Waals surface area contributed by atoms with Crippen LogP contribution in [0.4, 0.5) is 10.1 Å².